The molecule has 1 saturated carbocycles. The number of nitrogens with one attached hydrogen (secondary N) is 1. The average molecular weight is 611 g/mol. The number of halogens is 2. The number of piperidine rings is 1. The van der Waals surface area contributed by atoms with E-state index in [0.717, 1.165) is 0 Å². The van der Waals surface area contributed by atoms with E-state index in [0.29, 0.717) is 34.9 Å². The van der Waals surface area contributed by atoms with Crippen LogP contribution in [-0.4, -0.2) is 68.0 Å². The van der Waals surface area contributed by atoms with Gasteiger partial charge in [-0.2, -0.15) is 0 Å². The average Bonchev–Trinajstić information content (AvgIpc) is 3.46. The topological polar surface area (TPSA) is 127 Å². The van der Waals surface area contributed by atoms with Gasteiger partial charge in [0.15, 0.2) is 10.8 Å². The summed E-state index contributed by atoms with van der Waals surface area (Å²) in [5.41, 5.74) is 1.23. The van der Waals surface area contributed by atoms with Crippen LogP contribution in [0.3, 0.4) is 0 Å². The summed E-state index contributed by atoms with van der Waals surface area (Å²) < 4.78 is 51.7. The van der Waals surface area contributed by atoms with Crippen LogP contribution in [0.1, 0.15) is 42.3 Å². The summed E-state index contributed by atoms with van der Waals surface area (Å²) >= 11 is 7.78. The fourth-order valence-electron chi connectivity index (χ4n) is 5.40. The van der Waals surface area contributed by atoms with E-state index in [4.69, 9.17) is 26.1 Å². The van der Waals surface area contributed by atoms with Crippen molar-refractivity contribution in [2.24, 2.45) is 16.8 Å². The zero-order valence-electron chi connectivity index (χ0n) is 21.8. The second-order valence-electron chi connectivity index (χ2n) is 9.86. The number of rotatable bonds is 7. The first-order valence-electron chi connectivity index (χ1n) is 12.7. The number of carbonyl (C=O) groups is 2. The van der Waals surface area contributed by atoms with E-state index >= 15 is 0 Å². The van der Waals surface area contributed by atoms with Crippen LogP contribution < -0.4 is 5.32 Å². The molecule has 1 unspecified atom stereocenters. The molecule has 2 fully saturated rings. The van der Waals surface area contributed by atoms with Gasteiger partial charge in [-0.1, -0.05) is 17.7 Å². The van der Waals surface area contributed by atoms with Crippen LogP contribution in [0.4, 0.5) is 4.39 Å². The van der Waals surface area contributed by atoms with Gasteiger partial charge in [-0.05, 0) is 37.8 Å². The first-order valence-corrected chi connectivity index (χ1v) is 15.5. The predicted octanol–water partition coefficient (Wildman–Crippen LogP) is 3.45. The van der Waals surface area contributed by atoms with Crippen molar-refractivity contribution in [2.75, 3.05) is 27.3 Å². The Kier molecular flexibility index (Phi) is 8.27. The Balaban J connectivity index is 1.43. The molecule has 14 heteroatoms. The molecule has 2 aromatic rings. The number of thiazole rings is 1. The van der Waals surface area contributed by atoms with Crippen molar-refractivity contribution < 1.29 is 31.9 Å². The smallest absolute Gasteiger partial charge is 0.338 e. The Morgan fingerprint density at radius 3 is 2.50 bits per heavy atom. The lowest BCUT2D eigenvalue weighted by Crippen LogP contribution is -2.50. The maximum Gasteiger partial charge on any atom is 0.338 e. The Morgan fingerprint density at radius 1 is 1.18 bits per heavy atom. The molecule has 10 nitrogen and oxygen atoms in total. The number of carbonyl (C=O) groups excluding carboxylic acids is 2. The van der Waals surface area contributed by atoms with Gasteiger partial charge in [0, 0.05) is 46.9 Å². The van der Waals surface area contributed by atoms with Crippen LogP contribution in [0.2, 0.25) is 5.02 Å². The number of sulfonamides is 1. The fraction of sp³-hybridized carbons (Fsp3) is 0.462. The minimum Gasteiger partial charge on any atom is -0.469 e. The third kappa shape index (κ3) is 5.39. The highest BCUT2D eigenvalue weighted by Gasteiger charge is 2.46. The molecule has 3 heterocycles. The molecule has 2 aliphatic heterocycles. The number of allylic oxidation sites excluding steroid dienone is 1. The molecule has 1 saturated heterocycles. The quantitative estimate of drug-likeness (QED) is 0.472. The Hall–Kier alpha value is -2.87. The molecule has 0 amide bonds. The SMILES string of the molecule is COC(=O)C1=C(C2CCN(S(=O)(=O)C3CC(C(=O)OC)C3)CC2)NC(c2nccs2)=NC1c1ccc(F)cc1Cl. The minimum atomic E-state index is -3.59. The highest BCUT2D eigenvalue weighted by atomic mass is 35.5. The van der Waals surface area contributed by atoms with E-state index in [2.05, 4.69) is 10.3 Å². The number of ether oxygens (including phenoxy) is 2. The zero-order chi connectivity index (χ0) is 28.6. The molecule has 1 aromatic heterocycles. The molecule has 0 spiro atoms. The molecule has 1 atom stereocenters. The first kappa shape index (κ1) is 28.7. The number of benzene rings is 1. The van der Waals surface area contributed by atoms with Gasteiger partial charge in [0.1, 0.15) is 11.9 Å². The number of aliphatic imine (C=N–C) groups is 1. The second-order valence-corrected chi connectivity index (χ2v) is 13.4. The van der Waals surface area contributed by atoms with E-state index in [-0.39, 0.29) is 54.3 Å². The van der Waals surface area contributed by atoms with Crippen molar-refractivity contribution >= 4 is 50.7 Å². The largest absolute Gasteiger partial charge is 0.469 e. The van der Waals surface area contributed by atoms with Crippen molar-refractivity contribution in [1.82, 2.24) is 14.6 Å². The molecule has 5 rings (SSSR count). The number of amidine groups is 1. The lowest BCUT2D eigenvalue weighted by atomic mass is 9.85. The molecule has 1 N–H and O–H groups in total. The second kappa shape index (κ2) is 11.6. The Labute approximate surface area is 240 Å². The fourth-order valence-corrected chi connectivity index (χ4v) is 8.35. The summed E-state index contributed by atoms with van der Waals surface area (Å²) in [5, 5.41) is 5.18. The summed E-state index contributed by atoms with van der Waals surface area (Å²) in [7, 11) is -1.02. The molecular weight excluding hydrogens is 583 g/mol. The molecular formula is C26H28ClFN4O6S2. The highest BCUT2D eigenvalue weighted by Crippen LogP contribution is 2.41. The van der Waals surface area contributed by atoms with Gasteiger partial charge in [-0.3, -0.25) is 9.79 Å². The number of aromatic nitrogens is 1. The summed E-state index contributed by atoms with van der Waals surface area (Å²) in [4.78, 5) is 34.0. The first-order chi connectivity index (χ1) is 19.1. The van der Waals surface area contributed by atoms with Crippen molar-refractivity contribution in [3.05, 3.63) is 62.5 Å². The van der Waals surface area contributed by atoms with Gasteiger partial charge in [-0.15, -0.1) is 11.3 Å². The van der Waals surface area contributed by atoms with Gasteiger partial charge in [0.2, 0.25) is 10.0 Å². The van der Waals surface area contributed by atoms with Crippen LogP contribution in [-0.2, 0) is 29.1 Å². The maximum atomic E-state index is 13.9. The predicted molar refractivity (Wildman–Crippen MR) is 147 cm³/mol. The third-order valence-corrected chi connectivity index (χ3v) is 11.1. The van der Waals surface area contributed by atoms with Crippen LogP contribution in [0.25, 0.3) is 0 Å². The van der Waals surface area contributed by atoms with Crippen LogP contribution >= 0.6 is 22.9 Å². The van der Waals surface area contributed by atoms with Crippen LogP contribution in [0, 0.1) is 17.7 Å². The van der Waals surface area contributed by atoms with Crippen molar-refractivity contribution in [3.63, 3.8) is 0 Å². The van der Waals surface area contributed by atoms with E-state index in [1.807, 2.05) is 0 Å². The summed E-state index contributed by atoms with van der Waals surface area (Å²) in [5.74, 6) is -1.70. The number of methoxy groups -OCH3 is 2. The normalized spacial score (nSPS) is 24.1. The lowest BCUT2D eigenvalue weighted by molar-refractivity contribution is -0.148. The van der Waals surface area contributed by atoms with Gasteiger partial charge < -0.3 is 14.8 Å². The zero-order valence-corrected chi connectivity index (χ0v) is 24.2. The standard InChI is InChI=1S/C26H28ClFN4O6S2/c1-37-25(33)15-11-17(12-15)40(35,36)32-8-5-14(6-9-32)21-20(26(34)38-2)22(18-4-3-16(28)13-19(18)27)31-23(30-21)24-29-7-10-39-24/h3-4,7,10,13-15,17,22H,5-6,8-9,11-12H2,1-2H3,(H,30,31). The van der Waals surface area contributed by atoms with Gasteiger partial charge in [0.05, 0.1) is 31.0 Å². The molecule has 40 heavy (non-hydrogen) atoms. The van der Waals surface area contributed by atoms with Crippen molar-refractivity contribution in [3.8, 4) is 0 Å². The monoisotopic (exact) mass is 610 g/mol. The molecule has 1 aliphatic carbocycles. The summed E-state index contributed by atoms with van der Waals surface area (Å²) in [6, 6.07) is 3.03. The Bertz CT molecular complexity index is 1470. The molecule has 1 aromatic carbocycles. The highest BCUT2D eigenvalue weighted by molar-refractivity contribution is 7.89. The summed E-state index contributed by atoms with van der Waals surface area (Å²) in [6.45, 7) is 0.495. The molecule has 0 radical (unpaired) electrons. The van der Waals surface area contributed by atoms with Crippen LogP contribution in [0.5, 0.6) is 0 Å². The van der Waals surface area contributed by atoms with Gasteiger partial charge >= 0.3 is 11.9 Å². The van der Waals surface area contributed by atoms with Crippen molar-refractivity contribution in [2.45, 2.75) is 37.0 Å². The number of esters is 2. The number of hydrogen-bond donors (Lipinski definition) is 1. The van der Waals surface area contributed by atoms with E-state index < -0.39 is 33.1 Å². The van der Waals surface area contributed by atoms with Gasteiger partial charge in [0.25, 0.3) is 0 Å². The van der Waals surface area contributed by atoms with E-state index in [1.54, 1.807) is 11.6 Å². The number of nitrogens with zero attached hydrogens (tertiary/aromatic N) is 3. The molecule has 214 valence electrons. The van der Waals surface area contributed by atoms with E-state index in [1.165, 1.54) is 48.1 Å². The minimum absolute atomic E-state index is 0.113. The van der Waals surface area contributed by atoms with Crippen molar-refractivity contribution in [1.29, 1.82) is 0 Å². The van der Waals surface area contributed by atoms with Crippen LogP contribution in [0.15, 0.2) is 46.0 Å². The maximum absolute atomic E-state index is 13.9. The number of hydrogen-bond acceptors (Lipinski definition) is 10. The van der Waals surface area contributed by atoms with E-state index in [9.17, 15) is 22.4 Å². The molecule has 0 bridgehead atoms. The lowest BCUT2D eigenvalue weighted by Gasteiger charge is -2.40. The van der Waals surface area contributed by atoms with Gasteiger partial charge in [-0.25, -0.2) is 26.9 Å². The summed E-state index contributed by atoms with van der Waals surface area (Å²) in [6.07, 6.45) is 3.01. The third-order valence-electron chi connectivity index (χ3n) is 7.64. The Morgan fingerprint density at radius 2 is 1.90 bits per heavy atom. The molecule has 3 aliphatic rings.